The van der Waals surface area contributed by atoms with Crippen LogP contribution in [0.25, 0.3) is 11.0 Å². The van der Waals surface area contributed by atoms with Gasteiger partial charge in [0.1, 0.15) is 17.2 Å². The summed E-state index contributed by atoms with van der Waals surface area (Å²) in [6.07, 6.45) is 3.64. The smallest absolute Gasteiger partial charge is 0.134 e. The molecule has 0 spiro atoms. The molecule has 1 aliphatic carbocycles. The maximum Gasteiger partial charge on any atom is 0.134 e. The van der Waals surface area contributed by atoms with Crippen molar-refractivity contribution >= 4 is 11.0 Å². The lowest BCUT2D eigenvalue weighted by atomic mass is 10.1. The molecule has 0 atom stereocenters. The Morgan fingerprint density at radius 2 is 2.20 bits per heavy atom. The summed E-state index contributed by atoms with van der Waals surface area (Å²) in [5.74, 6) is 1.65. The van der Waals surface area contributed by atoms with Crippen molar-refractivity contribution in [1.82, 2.24) is 0 Å². The molecule has 15 heavy (non-hydrogen) atoms. The van der Waals surface area contributed by atoms with Crippen molar-refractivity contribution < 1.29 is 8.81 Å². The van der Waals surface area contributed by atoms with Gasteiger partial charge in [0.2, 0.25) is 0 Å². The van der Waals surface area contributed by atoms with E-state index in [-0.39, 0.29) is 5.82 Å². The third-order valence-corrected chi connectivity index (χ3v) is 3.17. The van der Waals surface area contributed by atoms with E-state index in [1.807, 2.05) is 6.92 Å². The number of fused-ring (bicyclic) bond motifs is 1. The zero-order valence-electron chi connectivity index (χ0n) is 8.72. The molecule has 1 fully saturated rings. The molecule has 0 unspecified atom stereocenters. The highest BCUT2D eigenvalue weighted by atomic mass is 19.1. The Balaban J connectivity index is 2.10. The largest absolute Gasteiger partial charge is 0.461 e. The lowest BCUT2D eigenvalue weighted by Crippen LogP contribution is -1.85. The van der Waals surface area contributed by atoms with Crippen LogP contribution in [-0.4, -0.2) is 0 Å². The van der Waals surface area contributed by atoms with Gasteiger partial charge in [-0.05, 0) is 49.4 Å². The molecule has 0 radical (unpaired) electrons. The fourth-order valence-corrected chi connectivity index (χ4v) is 2.02. The lowest BCUT2D eigenvalue weighted by Gasteiger charge is -1.94. The average Bonchev–Trinajstić information content (AvgIpc) is 2.97. The Labute approximate surface area is 87.9 Å². The molecule has 3 rings (SSSR count). The summed E-state index contributed by atoms with van der Waals surface area (Å²) in [6, 6.07) is 4.73. The third-order valence-electron chi connectivity index (χ3n) is 3.17. The van der Waals surface area contributed by atoms with E-state index in [4.69, 9.17) is 4.42 Å². The van der Waals surface area contributed by atoms with E-state index in [2.05, 4.69) is 0 Å². The van der Waals surface area contributed by atoms with Gasteiger partial charge >= 0.3 is 0 Å². The van der Waals surface area contributed by atoms with Crippen molar-refractivity contribution in [1.29, 1.82) is 0 Å². The van der Waals surface area contributed by atoms with Gasteiger partial charge in [-0.2, -0.15) is 0 Å². The molecule has 1 heterocycles. The van der Waals surface area contributed by atoms with Crippen molar-refractivity contribution in [2.45, 2.75) is 26.2 Å². The highest BCUT2D eigenvalue weighted by Gasteiger charge is 2.24. The number of aryl methyl sites for hydroxylation is 1. The van der Waals surface area contributed by atoms with E-state index in [0.29, 0.717) is 0 Å². The zero-order valence-corrected chi connectivity index (χ0v) is 8.72. The SMILES string of the molecule is Cc1c(CC2CC2)oc2ccc(F)cc12. The predicted octanol–water partition coefficient (Wildman–Crippen LogP) is 3.83. The van der Waals surface area contributed by atoms with E-state index in [0.717, 1.165) is 34.6 Å². The van der Waals surface area contributed by atoms with Gasteiger partial charge in [0, 0.05) is 11.8 Å². The van der Waals surface area contributed by atoms with Gasteiger partial charge in [-0.1, -0.05) is 0 Å². The van der Waals surface area contributed by atoms with E-state index in [1.54, 1.807) is 12.1 Å². The van der Waals surface area contributed by atoms with Crippen LogP contribution in [0.2, 0.25) is 0 Å². The molecule has 1 nitrogen and oxygen atoms in total. The average molecular weight is 204 g/mol. The number of furan rings is 1. The molecule has 0 N–H and O–H groups in total. The van der Waals surface area contributed by atoms with E-state index >= 15 is 0 Å². The Hall–Kier alpha value is -1.31. The molecule has 78 valence electrons. The molecule has 1 saturated carbocycles. The first-order chi connectivity index (χ1) is 7.24. The fraction of sp³-hybridized carbons (Fsp3) is 0.385. The summed E-state index contributed by atoms with van der Waals surface area (Å²) in [4.78, 5) is 0. The first kappa shape index (κ1) is 8.96. The van der Waals surface area contributed by atoms with E-state index < -0.39 is 0 Å². The molecule has 1 aromatic carbocycles. The summed E-state index contributed by atoms with van der Waals surface area (Å²) in [7, 11) is 0. The number of benzene rings is 1. The normalized spacial score (nSPS) is 16.1. The molecule has 2 heteroatoms. The maximum atomic E-state index is 13.1. The molecule has 1 aromatic heterocycles. The molecule has 0 aliphatic heterocycles. The molecule has 0 saturated heterocycles. The van der Waals surface area contributed by atoms with E-state index in [1.165, 1.54) is 18.9 Å². The fourth-order valence-electron chi connectivity index (χ4n) is 2.02. The number of rotatable bonds is 2. The van der Waals surface area contributed by atoms with Gasteiger partial charge in [0.15, 0.2) is 0 Å². The number of hydrogen-bond acceptors (Lipinski definition) is 1. The van der Waals surface area contributed by atoms with Gasteiger partial charge in [-0.3, -0.25) is 0 Å². The Morgan fingerprint density at radius 1 is 1.40 bits per heavy atom. The molecular weight excluding hydrogens is 191 g/mol. The quantitative estimate of drug-likeness (QED) is 0.724. The summed E-state index contributed by atoms with van der Waals surface area (Å²) in [6.45, 7) is 2.02. The van der Waals surface area contributed by atoms with Crippen molar-refractivity contribution in [3.05, 3.63) is 35.3 Å². The Bertz CT molecular complexity index is 508. The zero-order chi connectivity index (χ0) is 10.4. The molecule has 0 amide bonds. The minimum absolute atomic E-state index is 0.190. The predicted molar refractivity (Wildman–Crippen MR) is 57.3 cm³/mol. The van der Waals surface area contributed by atoms with Crippen LogP contribution in [0.15, 0.2) is 22.6 Å². The summed E-state index contributed by atoms with van der Waals surface area (Å²) in [5.41, 5.74) is 1.92. The second-order valence-corrected chi connectivity index (χ2v) is 4.44. The summed E-state index contributed by atoms with van der Waals surface area (Å²) in [5, 5.41) is 0.922. The van der Waals surface area contributed by atoms with Crippen molar-refractivity contribution in [3.8, 4) is 0 Å². The first-order valence-electron chi connectivity index (χ1n) is 5.41. The van der Waals surface area contributed by atoms with Gasteiger partial charge in [0.05, 0.1) is 0 Å². The van der Waals surface area contributed by atoms with Crippen molar-refractivity contribution in [2.75, 3.05) is 0 Å². The van der Waals surface area contributed by atoms with Crippen molar-refractivity contribution in [3.63, 3.8) is 0 Å². The van der Waals surface area contributed by atoms with Gasteiger partial charge in [-0.15, -0.1) is 0 Å². The summed E-state index contributed by atoms with van der Waals surface area (Å²) < 4.78 is 18.8. The lowest BCUT2D eigenvalue weighted by molar-refractivity contribution is 0.529. The van der Waals surface area contributed by atoms with Crippen molar-refractivity contribution in [2.24, 2.45) is 5.92 Å². The van der Waals surface area contributed by atoms with Crippen LogP contribution in [0, 0.1) is 18.7 Å². The molecule has 2 aromatic rings. The van der Waals surface area contributed by atoms with Gasteiger partial charge < -0.3 is 4.42 Å². The third kappa shape index (κ3) is 1.54. The Kier molecular flexibility index (Phi) is 1.84. The van der Waals surface area contributed by atoms with Crippen LogP contribution in [0.3, 0.4) is 0 Å². The second-order valence-electron chi connectivity index (χ2n) is 4.44. The maximum absolute atomic E-state index is 13.1. The molecule has 0 bridgehead atoms. The topological polar surface area (TPSA) is 13.1 Å². The molecule has 1 aliphatic rings. The first-order valence-corrected chi connectivity index (χ1v) is 5.41. The van der Waals surface area contributed by atoms with E-state index in [9.17, 15) is 4.39 Å². The highest BCUT2D eigenvalue weighted by molar-refractivity contribution is 5.82. The van der Waals surface area contributed by atoms with Gasteiger partial charge in [-0.25, -0.2) is 4.39 Å². The monoisotopic (exact) mass is 204 g/mol. The van der Waals surface area contributed by atoms with Crippen LogP contribution in [-0.2, 0) is 6.42 Å². The minimum atomic E-state index is -0.190. The Morgan fingerprint density at radius 3 is 2.93 bits per heavy atom. The van der Waals surface area contributed by atoms with Crippen LogP contribution in [0.4, 0.5) is 4.39 Å². The minimum Gasteiger partial charge on any atom is -0.461 e. The number of halogens is 1. The number of hydrogen-bond donors (Lipinski definition) is 0. The standard InChI is InChI=1S/C13H13FO/c1-8-11-7-10(14)4-5-12(11)15-13(8)6-9-2-3-9/h4-5,7,9H,2-3,6H2,1H3. The summed E-state index contributed by atoms with van der Waals surface area (Å²) >= 11 is 0. The van der Waals surface area contributed by atoms with Crippen LogP contribution in [0.1, 0.15) is 24.2 Å². The van der Waals surface area contributed by atoms with Gasteiger partial charge in [0.25, 0.3) is 0 Å². The highest BCUT2D eigenvalue weighted by Crippen LogP contribution is 2.36. The van der Waals surface area contributed by atoms with Crippen LogP contribution in [0.5, 0.6) is 0 Å². The van der Waals surface area contributed by atoms with Crippen LogP contribution >= 0.6 is 0 Å². The second kappa shape index (κ2) is 3.09. The molecular formula is C13H13FO. The van der Waals surface area contributed by atoms with Crippen LogP contribution < -0.4 is 0 Å².